The van der Waals surface area contributed by atoms with Crippen molar-refractivity contribution in [3.05, 3.63) is 31.8 Å². The van der Waals surface area contributed by atoms with E-state index in [1.165, 1.54) is 20.2 Å². The Kier molecular flexibility index (Phi) is 3.47. The zero-order valence-electron chi connectivity index (χ0n) is 7.18. The Labute approximate surface area is 104 Å². The van der Waals surface area contributed by atoms with E-state index < -0.39 is 0 Å². The molecule has 0 bridgehead atoms. The molecule has 74 valence electrons. The molecule has 0 spiro atoms. The van der Waals surface area contributed by atoms with Gasteiger partial charge in [-0.1, -0.05) is 0 Å². The van der Waals surface area contributed by atoms with E-state index >= 15 is 0 Å². The van der Waals surface area contributed by atoms with E-state index in [2.05, 4.69) is 42.8 Å². The number of nitrogens with two attached hydrogens (primary N) is 1. The Hall–Kier alpha value is -0.0500. The summed E-state index contributed by atoms with van der Waals surface area (Å²) in [6.45, 7) is 0. The SMILES string of the molecule is NC(Cc1cnsn1)c1sccc1I. The normalized spacial score (nSPS) is 13.0. The van der Waals surface area contributed by atoms with Crippen LogP contribution in [0.4, 0.5) is 0 Å². The third-order valence-corrected chi connectivity index (χ3v) is 4.69. The van der Waals surface area contributed by atoms with Crippen molar-refractivity contribution in [2.75, 3.05) is 0 Å². The summed E-state index contributed by atoms with van der Waals surface area (Å²) in [7, 11) is 0. The highest BCUT2D eigenvalue weighted by Crippen LogP contribution is 2.26. The standard InChI is InChI=1S/C8H8IN3S2/c9-6-1-2-13-8(6)7(10)3-5-4-11-14-12-5/h1-2,4,7H,3,10H2. The molecule has 1 atom stereocenters. The fourth-order valence-electron chi connectivity index (χ4n) is 1.16. The van der Waals surface area contributed by atoms with Gasteiger partial charge < -0.3 is 5.73 Å². The van der Waals surface area contributed by atoms with Crippen LogP contribution in [0, 0.1) is 3.57 Å². The van der Waals surface area contributed by atoms with Gasteiger partial charge in [0.05, 0.1) is 23.6 Å². The van der Waals surface area contributed by atoms with E-state index in [1.54, 1.807) is 17.5 Å². The Morgan fingerprint density at radius 3 is 3.00 bits per heavy atom. The summed E-state index contributed by atoms with van der Waals surface area (Å²) in [5.41, 5.74) is 7.05. The number of halogens is 1. The first-order valence-corrected chi connectivity index (χ1v) is 6.71. The molecule has 0 fully saturated rings. The fourth-order valence-corrected chi connectivity index (χ4v) is 3.60. The van der Waals surface area contributed by atoms with Crippen LogP contribution < -0.4 is 5.73 Å². The lowest BCUT2D eigenvalue weighted by atomic mass is 10.1. The van der Waals surface area contributed by atoms with Gasteiger partial charge in [-0.05, 0) is 34.0 Å². The molecule has 14 heavy (non-hydrogen) atoms. The molecule has 2 rings (SSSR count). The molecule has 6 heteroatoms. The van der Waals surface area contributed by atoms with Crippen molar-refractivity contribution < 1.29 is 0 Å². The van der Waals surface area contributed by atoms with E-state index in [-0.39, 0.29) is 6.04 Å². The molecule has 0 aliphatic carbocycles. The molecule has 0 saturated heterocycles. The maximum absolute atomic E-state index is 6.07. The number of hydrogen-bond acceptors (Lipinski definition) is 5. The number of nitrogens with zero attached hydrogens (tertiary/aromatic N) is 2. The predicted octanol–water partition coefficient (Wildman–Crippen LogP) is 2.45. The second-order valence-corrected chi connectivity index (χ2v) is 5.51. The Balaban J connectivity index is 2.10. The van der Waals surface area contributed by atoms with Crippen LogP contribution >= 0.6 is 45.7 Å². The highest BCUT2D eigenvalue weighted by atomic mass is 127. The zero-order valence-corrected chi connectivity index (χ0v) is 11.0. The maximum atomic E-state index is 6.07. The number of thiophene rings is 1. The van der Waals surface area contributed by atoms with Crippen molar-refractivity contribution in [1.29, 1.82) is 0 Å². The molecular formula is C8H8IN3S2. The summed E-state index contributed by atoms with van der Waals surface area (Å²) in [5, 5.41) is 2.07. The minimum atomic E-state index is 0.0470. The minimum absolute atomic E-state index is 0.0470. The molecule has 2 aromatic rings. The first-order valence-electron chi connectivity index (χ1n) is 4.02. The van der Waals surface area contributed by atoms with Gasteiger partial charge in [-0.2, -0.15) is 8.75 Å². The van der Waals surface area contributed by atoms with Gasteiger partial charge in [-0.15, -0.1) is 11.3 Å². The minimum Gasteiger partial charge on any atom is -0.323 e. The van der Waals surface area contributed by atoms with Gasteiger partial charge >= 0.3 is 0 Å². The molecule has 2 N–H and O–H groups in total. The van der Waals surface area contributed by atoms with Crippen LogP contribution in [-0.4, -0.2) is 8.75 Å². The average Bonchev–Trinajstić information content (AvgIpc) is 2.75. The summed E-state index contributed by atoms with van der Waals surface area (Å²) in [4.78, 5) is 1.23. The molecule has 3 nitrogen and oxygen atoms in total. The lowest BCUT2D eigenvalue weighted by Gasteiger charge is -2.07. The van der Waals surface area contributed by atoms with Crippen molar-refractivity contribution in [2.24, 2.45) is 5.73 Å². The first kappa shape index (κ1) is 10.5. The van der Waals surface area contributed by atoms with Crippen molar-refractivity contribution in [3.63, 3.8) is 0 Å². The Morgan fingerprint density at radius 2 is 2.43 bits per heavy atom. The molecule has 0 radical (unpaired) electrons. The van der Waals surface area contributed by atoms with Crippen molar-refractivity contribution in [3.8, 4) is 0 Å². The summed E-state index contributed by atoms with van der Waals surface area (Å²) in [6, 6.07) is 2.13. The van der Waals surface area contributed by atoms with E-state index in [0.29, 0.717) is 0 Å². The molecular weight excluding hydrogens is 329 g/mol. The molecule has 0 aromatic carbocycles. The van der Waals surface area contributed by atoms with Gasteiger partial charge in [0.15, 0.2) is 0 Å². The molecule has 2 aromatic heterocycles. The second-order valence-electron chi connectivity index (χ2n) is 2.84. The van der Waals surface area contributed by atoms with Crippen molar-refractivity contribution >= 4 is 45.7 Å². The van der Waals surface area contributed by atoms with E-state index in [0.717, 1.165) is 12.1 Å². The molecule has 0 aliphatic heterocycles. The van der Waals surface area contributed by atoms with Gasteiger partial charge in [0.2, 0.25) is 0 Å². The average molecular weight is 337 g/mol. The number of rotatable bonds is 3. The zero-order chi connectivity index (χ0) is 9.97. The third-order valence-electron chi connectivity index (χ3n) is 1.82. The van der Waals surface area contributed by atoms with Crippen molar-refractivity contribution in [2.45, 2.75) is 12.5 Å². The summed E-state index contributed by atoms with van der Waals surface area (Å²) in [5.74, 6) is 0. The van der Waals surface area contributed by atoms with Crippen LogP contribution in [0.3, 0.4) is 0 Å². The molecule has 0 amide bonds. The van der Waals surface area contributed by atoms with Gasteiger partial charge in [0, 0.05) is 20.9 Å². The van der Waals surface area contributed by atoms with Gasteiger partial charge in [-0.3, -0.25) is 0 Å². The Morgan fingerprint density at radius 1 is 1.57 bits per heavy atom. The van der Waals surface area contributed by atoms with Crippen LogP contribution in [0.1, 0.15) is 16.6 Å². The second kappa shape index (κ2) is 4.65. The van der Waals surface area contributed by atoms with Crippen LogP contribution in [0.15, 0.2) is 17.6 Å². The van der Waals surface area contributed by atoms with Crippen LogP contribution in [-0.2, 0) is 6.42 Å². The van der Waals surface area contributed by atoms with Crippen LogP contribution in [0.25, 0.3) is 0 Å². The highest BCUT2D eigenvalue weighted by molar-refractivity contribution is 14.1. The van der Waals surface area contributed by atoms with E-state index in [1.807, 2.05) is 0 Å². The van der Waals surface area contributed by atoms with Crippen molar-refractivity contribution in [1.82, 2.24) is 8.75 Å². The third kappa shape index (κ3) is 2.30. The van der Waals surface area contributed by atoms with Gasteiger partial charge in [0.1, 0.15) is 0 Å². The van der Waals surface area contributed by atoms with E-state index in [9.17, 15) is 0 Å². The smallest absolute Gasteiger partial charge is 0.0762 e. The summed E-state index contributed by atoms with van der Waals surface area (Å²) < 4.78 is 9.34. The van der Waals surface area contributed by atoms with Gasteiger partial charge in [-0.25, -0.2) is 0 Å². The lowest BCUT2D eigenvalue weighted by Crippen LogP contribution is -2.12. The monoisotopic (exact) mass is 337 g/mol. The molecule has 0 saturated carbocycles. The summed E-state index contributed by atoms with van der Waals surface area (Å²) in [6.07, 6.45) is 2.55. The first-order chi connectivity index (χ1) is 6.77. The lowest BCUT2D eigenvalue weighted by molar-refractivity contribution is 0.722. The Bertz CT molecular complexity index is 398. The molecule has 1 unspecified atom stereocenters. The quantitative estimate of drug-likeness (QED) is 0.876. The summed E-state index contributed by atoms with van der Waals surface area (Å²) >= 11 is 5.24. The van der Waals surface area contributed by atoms with Crippen LogP contribution in [0.2, 0.25) is 0 Å². The predicted molar refractivity (Wildman–Crippen MR) is 67.6 cm³/mol. The fraction of sp³-hybridized carbons (Fsp3) is 0.250. The van der Waals surface area contributed by atoms with Crippen LogP contribution in [0.5, 0.6) is 0 Å². The molecule has 2 heterocycles. The largest absolute Gasteiger partial charge is 0.323 e. The topological polar surface area (TPSA) is 51.8 Å². The van der Waals surface area contributed by atoms with Gasteiger partial charge in [0.25, 0.3) is 0 Å². The van der Waals surface area contributed by atoms with E-state index in [4.69, 9.17) is 5.73 Å². The highest BCUT2D eigenvalue weighted by Gasteiger charge is 2.13. The molecule has 0 aliphatic rings. The number of aromatic nitrogens is 2. The maximum Gasteiger partial charge on any atom is 0.0762 e. The number of hydrogen-bond donors (Lipinski definition) is 1.